The number of benzene rings is 1. The van der Waals surface area contributed by atoms with Crippen molar-refractivity contribution in [3.8, 4) is 6.07 Å². The Labute approximate surface area is 115 Å². The van der Waals surface area contributed by atoms with Gasteiger partial charge in [-0.05, 0) is 31.7 Å². The summed E-state index contributed by atoms with van der Waals surface area (Å²) in [5, 5.41) is 10.8. The van der Waals surface area contributed by atoms with Gasteiger partial charge < -0.3 is 10.1 Å². The number of nitrogens with one attached hydrogen (secondary N) is 1. The van der Waals surface area contributed by atoms with E-state index in [2.05, 4.69) is 5.32 Å². The summed E-state index contributed by atoms with van der Waals surface area (Å²) >= 11 is 0. The molecule has 1 amide bonds. The molecule has 0 spiro atoms. The van der Waals surface area contributed by atoms with Gasteiger partial charge in [0.15, 0.2) is 0 Å². The van der Waals surface area contributed by atoms with Crippen molar-refractivity contribution in [1.29, 1.82) is 5.26 Å². The molecule has 0 aromatic heterocycles. The highest BCUT2D eigenvalue weighted by Crippen LogP contribution is 2.29. The maximum Gasteiger partial charge on any atom is 0.253 e. The largest absolute Gasteiger partial charge is 0.368 e. The second kappa shape index (κ2) is 5.97. The Balaban J connectivity index is 1.99. The molecule has 2 rings (SSSR count). The molecule has 1 saturated carbocycles. The van der Waals surface area contributed by atoms with Crippen LogP contribution in [0.1, 0.15) is 25.3 Å². The highest BCUT2D eigenvalue weighted by atomic mass is 19.1. The molecule has 0 saturated heterocycles. The third kappa shape index (κ3) is 3.52. The van der Waals surface area contributed by atoms with Crippen molar-refractivity contribution in [2.45, 2.75) is 25.9 Å². The molecule has 1 aliphatic carbocycles. The Morgan fingerprint density at radius 3 is 2.80 bits per heavy atom. The molecule has 106 valence electrons. The Bertz CT molecular complexity index is 565. The zero-order chi connectivity index (χ0) is 14.7. The molecule has 1 fully saturated rings. The third-order valence-corrected chi connectivity index (χ3v) is 3.08. The molecular weight excluding hydrogens is 266 g/mol. The smallest absolute Gasteiger partial charge is 0.253 e. The van der Waals surface area contributed by atoms with E-state index < -0.39 is 29.2 Å². The van der Waals surface area contributed by atoms with Crippen LogP contribution in [0.3, 0.4) is 0 Å². The first-order valence-electron chi connectivity index (χ1n) is 6.33. The van der Waals surface area contributed by atoms with E-state index in [1.807, 2.05) is 0 Å². The number of nitriles is 1. The van der Waals surface area contributed by atoms with E-state index in [1.165, 1.54) is 6.07 Å². The SMILES string of the molecule is CC(OCC1CC1)C(=O)Nc1cc(F)c(C#N)cc1F. The highest BCUT2D eigenvalue weighted by molar-refractivity contribution is 5.94. The van der Waals surface area contributed by atoms with Gasteiger partial charge in [-0.1, -0.05) is 0 Å². The van der Waals surface area contributed by atoms with Crippen LogP contribution in [-0.2, 0) is 9.53 Å². The molecule has 1 atom stereocenters. The van der Waals surface area contributed by atoms with E-state index in [4.69, 9.17) is 10.00 Å². The van der Waals surface area contributed by atoms with Crippen molar-refractivity contribution in [1.82, 2.24) is 0 Å². The summed E-state index contributed by atoms with van der Waals surface area (Å²) in [6, 6.07) is 3.07. The normalized spacial score (nSPS) is 15.5. The maximum absolute atomic E-state index is 13.6. The monoisotopic (exact) mass is 280 g/mol. The number of hydrogen-bond acceptors (Lipinski definition) is 3. The van der Waals surface area contributed by atoms with Crippen LogP contribution < -0.4 is 5.32 Å². The lowest BCUT2D eigenvalue weighted by Crippen LogP contribution is -2.28. The number of carbonyl (C=O) groups is 1. The second-order valence-corrected chi connectivity index (χ2v) is 4.83. The average molecular weight is 280 g/mol. The predicted molar refractivity (Wildman–Crippen MR) is 67.8 cm³/mol. The minimum absolute atomic E-state index is 0.298. The summed E-state index contributed by atoms with van der Waals surface area (Å²) in [5.41, 5.74) is -0.702. The van der Waals surface area contributed by atoms with Gasteiger partial charge in [0.25, 0.3) is 5.91 Å². The minimum atomic E-state index is -0.879. The lowest BCUT2D eigenvalue weighted by atomic mass is 10.2. The molecule has 0 aliphatic heterocycles. The van der Waals surface area contributed by atoms with Crippen LogP contribution in [0.2, 0.25) is 0 Å². The zero-order valence-corrected chi connectivity index (χ0v) is 11.0. The molecule has 20 heavy (non-hydrogen) atoms. The number of hydrogen-bond donors (Lipinski definition) is 1. The number of halogens is 2. The number of rotatable bonds is 5. The fraction of sp³-hybridized carbons (Fsp3) is 0.429. The number of ether oxygens (including phenoxy) is 1. The second-order valence-electron chi connectivity index (χ2n) is 4.83. The van der Waals surface area contributed by atoms with Crippen molar-refractivity contribution in [3.05, 3.63) is 29.3 Å². The number of amides is 1. The van der Waals surface area contributed by atoms with Crippen LogP contribution in [0.15, 0.2) is 12.1 Å². The molecule has 1 aromatic carbocycles. The third-order valence-electron chi connectivity index (χ3n) is 3.08. The number of carbonyl (C=O) groups excluding carboxylic acids is 1. The van der Waals surface area contributed by atoms with Crippen molar-refractivity contribution in [3.63, 3.8) is 0 Å². The van der Waals surface area contributed by atoms with Crippen molar-refractivity contribution < 1.29 is 18.3 Å². The summed E-state index contributed by atoms with van der Waals surface area (Å²) in [6.07, 6.45) is 1.46. The van der Waals surface area contributed by atoms with E-state index in [0.717, 1.165) is 25.0 Å². The number of anilines is 1. The van der Waals surface area contributed by atoms with Crippen LogP contribution in [-0.4, -0.2) is 18.6 Å². The maximum atomic E-state index is 13.6. The average Bonchev–Trinajstić information content (AvgIpc) is 3.23. The Kier molecular flexibility index (Phi) is 4.30. The van der Waals surface area contributed by atoms with E-state index in [9.17, 15) is 13.6 Å². The van der Waals surface area contributed by atoms with Gasteiger partial charge in [0.1, 0.15) is 23.8 Å². The standard InChI is InChI=1S/C14H14F2N2O2/c1-8(20-7-9-2-3-9)14(19)18-13-5-11(15)10(6-17)4-12(13)16/h4-5,8-9H,2-3,7H2,1H3,(H,18,19). The van der Waals surface area contributed by atoms with Gasteiger partial charge in [-0.3, -0.25) is 4.79 Å². The molecule has 0 radical (unpaired) electrons. The first-order valence-corrected chi connectivity index (χ1v) is 6.33. The molecule has 1 aromatic rings. The molecule has 1 N–H and O–H groups in total. The highest BCUT2D eigenvalue weighted by Gasteiger charge is 2.24. The predicted octanol–water partition coefficient (Wildman–Crippen LogP) is 2.59. The van der Waals surface area contributed by atoms with Crippen molar-refractivity contribution in [2.75, 3.05) is 11.9 Å². The van der Waals surface area contributed by atoms with Gasteiger partial charge in [-0.15, -0.1) is 0 Å². The molecule has 0 bridgehead atoms. The summed E-state index contributed by atoms with van der Waals surface area (Å²) in [5.74, 6) is -1.77. The first-order chi connectivity index (χ1) is 9.51. The van der Waals surface area contributed by atoms with Gasteiger partial charge in [0.2, 0.25) is 0 Å². The van der Waals surface area contributed by atoms with Gasteiger partial charge in [-0.2, -0.15) is 5.26 Å². The zero-order valence-electron chi connectivity index (χ0n) is 11.0. The van der Waals surface area contributed by atoms with Gasteiger partial charge in [0.05, 0.1) is 17.9 Å². The summed E-state index contributed by atoms with van der Waals surface area (Å²) in [7, 11) is 0. The Morgan fingerprint density at radius 1 is 1.50 bits per heavy atom. The summed E-state index contributed by atoms with van der Waals surface area (Å²) in [4.78, 5) is 11.8. The van der Waals surface area contributed by atoms with Gasteiger partial charge >= 0.3 is 0 Å². The molecule has 0 heterocycles. The van der Waals surface area contributed by atoms with Gasteiger partial charge in [0, 0.05) is 6.07 Å². The molecule has 1 unspecified atom stereocenters. The summed E-state index contributed by atoms with van der Waals surface area (Å²) in [6.45, 7) is 2.05. The first kappa shape index (κ1) is 14.4. The van der Waals surface area contributed by atoms with Crippen molar-refractivity contribution in [2.24, 2.45) is 5.92 Å². The van der Waals surface area contributed by atoms with E-state index in [-0.39, 0.29) is 5.69 Å². The van der Waals surface area contributed by atoms with E-state index >= 15 is 0 Å². The van der Waals surface area contributed by atoms with Crippen molar-refractivity contribution >= 4 is 11.6 Å². The topological polar surface area (TPSA) is 62.1 Å². The fourth-order valence-corrected chi connectivity index (χ4v) is 1.60. The minimum Gasteiger partial charge on any atom is -0.368 e. The molecular formula is C14H14F2N2O2. The fourth-order valence-electron chi connectivity index (χ4n) is 1.60. The lowest BCUT2D eigenvalue weighted by Gasteiger charge is -2.13. The Morgan fingerprint density at radius 2 is 2.20 bits per heavy atom. The van der Waals surface area contributed by atoms with Crippen LogP contribution in [0, 0.1) is 28.9 Å². The van der Waals surface area contributed by atoms with E-state index in [1.54, 1.807) is 6.92 Å². The number of nitrogens with zero attached hydrogens (tertiary/aromatic N) is 1. The van der Waals surface area contributed by atoms with Crippen LogP contribution in [0.4, 0.5) is 14.5 Å². The molecule has 6 heteroatoms. The summed E-state index contributed by atoms with van der Waals surface area (Å²) < 4.78 is 32.3. The van der Waals surface area contributed by atoms with Crippen LogP contribution in [0.5, 0.6) is 0 Å². The Hall–Kier alpha value is -2.00. The molecule has 4 nitrogen and oxygen atoms in total. The molecule has 1 aliphatic rings. The van der Waals surface area contributed by atoms with E-state index in [0.29, 0.717) is 12.5 Å². The van der Waals surface area contributed by atoms with Crippen LogP contribution in [0.25, 0.3) is 0 Å². The van der Waals surface area contributed by atoms with Gasteiger partial charge in [-0.25, -0.2) is 8.78 Å². The quantitative estimate of drug-likeness (QED) is 0.901. The van der Waals surface area contributed by atoms with Crippen LogP contribution >= 0.6 is 0 Å². The lowest BCUT2D eigenvalue weighted by molar-refractivity contribution is -0.126.